The number of carbonyl (C=O) groups excluding carboxylic acids is 3. The molecule has 0 radical (unpaired) electrons. The molecule has 3 aliphatic heterocycles. The Balaban J connectivity index is 1.48. The van der Waals surface area contributed by atoms with Crippen molar-refractivity contribution in [2.24, 2.45) is 11.8 Å². The van der Waals surface area contributed by atoms with Gasteiger partial charge < -0.3 is 14.4 Å². The van der Waals surface area contributed by atoms with E-state index in [0.29, 0.717) is 17.1 Å². The number of methoxy groups -OCH3 is 2. The maximum atomic E-state index is 14.1. The minimum absolute atomic E-state index is 0.108. The van der Waals surface area contributed by atoms with Crippen molar-refractivity contribution >= 4 is 35.0 Å². The summed E-state index contributed by atoms with van der Waals surface area (Å²) >= 11 is 0. The van der Waals surface area contributed by atoms with Gasteiger partial charge in [0.2, 0.25) is 11.8 Å². The fourth-order valence-electron chi connectivity index (χ4n) is 6.02. The monoisotopic (exact) mass is 525 g/mol. The van der Waals surface area contributed by atoms with E-state index >= 15 is 0 Å². The molecule has 2 amide bonds. The molecule has 6 rings (SSSR count). The van der Waals surface area contributed by atoms with Gasteiger partial charge in [-0.15, -0.1) is 0 Å². The molecule has 0 aliphatic carbocycles. The first-order chi connectivity index (χ1) is 18.8. The van der Waals surface area contributed by atoms with E-state index in [9.17, 15) is 24.5 Å². The van der Waals surface area contributed by atoms with Crippen LogP contribution in [-0.4, -0.2) is 47.7 Å². The predicted octanol–water partition coefficient (Wildman–Crippen LogP) is 4.01. The number of hydrogen-bond donors (Lipinski definition) is 0. The second-order valence-electron chi connectivity index (χ2n) is 9.56. The zero-order chi connectivity index (χ0) is 27.4. The molecule has 2 saturated heterocycles. The van der Waals surface area contributed by atoms with Gasteiger partial charge in [0.1, 0.15) is 6.04 Å². The third kappa shape index (κ3) is 3.59. The van der Waals surface area contributed by atoms with Crippen molar-refractivity contribution in [1.29, 1.82) is 0 Å². The third-order valence-corrected chi connectivity index (χ3v) is 7.70. The molecule has 0 N–H and O–H groups in total. The average Bonchev–Trinajstić information content (AvgIpc) is 3.44. The number of amides is 2. The Labute approximate surface area is 223 Å². The van der Waals surface area contributed by atoms with Crippen LogP contribution in [0.5, 0.6) is 11.5 Å². The first-order valence-electron chi connectivity index (χ1n) is 12.3. The molecule has 0 saturated carbocycles. The predicted molar refractivity (Wildman–Crippen MR) is 140 cm³/mol. The van der Waals surface area contributed by atoms with Crippen molar-refractivity contribution in [3.63, 3.8) is 0 Å². The fraction of sp³-hybridized carbons (Fsp3) is 0.207. The molecular weight excluding hydrogens is 502 g/mol. The molecule has 0 aromatic heterocycles. The van der Waals surface area contributed by atoms with Gasteiger partial charge in [-0.2, -0.15) is 0 Å². The van der Waals surface area contributed by atoms with Gasteiger partial charge in [-0.1, -0.05) is 30.3 Å². The second-order valence-corrected chi connectivity index (χ2v) is 9.56. The quantitative estimate of drug-likeness (QED) is 0.205. The number of ketones is 1. The summed E-state index contributed by atoms with van der Waals surface area (Å²) in [7, 11) is 2.96. The van der Waals surface area contributed by atoms with Gasteiger partial charge in [-0.05, 0) is 41.5 Å². The lowest BCUT2D eigenvalue weighted by molar-refractivity contribution is -0.384. The molecule has 3 heterocycles. The van der Waals surface area contributed by atoms with Crippen LogP contribution in [0.1, 0.15) is 27.5 Å². The largest absolute Gasteiger partial charge is 0.493 e. The Morgan fingerprint density at radius 2 is 1.64 bits per heavy atom. The minimum Gasteiger partial charge on any atom is -0.493 e. The maximum Gasteiger partial charge on any atom is 0.271 e. The van der Waals surface area contributed by atoms with Crippen LogP contribution >= 0.6 is 0 Å². The molecule has 10 nitrogen and oxygen atoms in total. The Morgan fingerprint density at radius 1 is 0.897 bits per heavy atom. The number of anilines is 1. The number of Topliss-reactive ketones (excluding diaryl/α,β-unsaturated/α-hetero) is 1. The first-order valence-corrected chi connectivity index (χ1v) is 12.3. The van der Waals surface area contributed by atoms with Crippen molar-refractivity contribution in [3.8, 4) is 11.5 Å². The number of ether oxygens (including phenoxy) is 2. The van der Waals surface area contributed by atoms with Crippen molar-refractivity contribution in [1.82, 2.24) is 4.90 Å². The minimum atomic E-state index is -1.00. The lowest BCUT2D eigenvalue weighted by Gasteiger charge is -2.35. The van der Waals surface area contributed by atoms with E-state index in [2.05, 4.69) is 0 Å². The summed E-state index contributed by atoms with van der Waals surface area (Å²) in [4.78, 5) is 55.7. The molecule has 10 heteroatoms. The summed E-state index contributed by atoms with van der Waals surface area (Å²) in [5.74, 6) is -2.46. The van der Waals surface area contributed by atoms with Gasteiger partial charge in [0.15, 0.2) is 17.3 Å². The van der Waals surface area contributed by atoms with Crippen LogP contribution < -0.4 is 14.4 Å². The summed E-state index contributed by atoms with van der Waals surface area (Å²) < 4.78 is 10.7. The summed E-state index contributed by atoms with van der Waals surface area (Å²) in [6.07, 6.45) is 3.64. The first kappa shape index (κ1) is 24.4. The van der Waals surface area contributed by atoms with Crippen LogP contribution in [0.4, 0.5) is 11.4 Å². The van der Waals surface area contributed by atoms with Crippen LogP contribution in [-0.2, 0) is 9.59 Å². The Hall–Kier alpha value is -4.99. The molecule has 4 atom stereocenters. The number of nitro groups is 1. The highest BCUT2D eigenvalue weighted by Gasteiger charge is 2.64. The van der Waals surface area contributed by atoms with Gasteiger partial charge >= 0.3 is 0 Å². The summed E-state index contributed by atoms with van der Waals surface area (Å²) in [5, 5.41) is 11.4. The number of nitrogens with zero attached hydrogens (tertiary/aromatic N) is 3. The zero-order valence-corrected chi connectivity index (χ0v) is 21.0. The highest BCUT2D eigenvalue weighted by molar-refractivity contribution is 6.24. The summed E-state index contributed by atoms with van der Waals surface area (Å²) in [6.45, 7) is 0. The van der Waals surface area contributed by atoms with E-state index in [4.69, 9.17) is 9.47 Å². The van der Waals surface area contributed by atoms with Crippen molar-refractivity contribution in [2.45, 2.75) is 12.1 Å². The molecule has 3 aromatic carbocycles. The van der Waals surface area contributed by atoms with Crippen LogP contribution in [0.3, 0.4) is 0 Å². The SMILES string of the molecule is COc1ccc(C(=O)[C@@H]2[C@@H]3C(=O)N(c4cccc([N+](=O)[O-])c4)C(=O)[C@@H]3[C@@H]3c4ccccc4C=CN23)cc1OC. The summed E-state index contributed by atoms with van der Waals surface area (Å²) in [6, 6.07) is 16.2. The number of benzene rings is 3. The molecule has 39 heavy (non-hydrogen) atoms. The third-order valence-electron chi connectivity index (χ3n) is 7.70. The van der Waals surface area contributed by atoms with Crippen LogP contribution in [0.15, 0.2) is 72.9 Å². The smallest absolute Gasteiger partial charge is 0.271 e. The standard InChI is InChI=1S/C29H23N3O7/c1-38-21-11-10-17(14-22(21)39-2)27(33)26-24-23(25-20-9-4-3-6-16(20)12-13-30(25)26)28(34)31(29(24)35)18-7-5-8-19(15-18)32(36)37/h3-15,23-26H,1-2H3/t23-,24+,25-,26-/m0/s1. The molecule has 3 aromatic rings. The molecule has 2 fully saturated rings. The molecule has 196 valence electrons. The molecule has 0 unspecified atom stereocenters. The Bertz CT molecular complexity index is 1580. The molecule has 0 bridgehead atoms. The number of nitro benzene ring substituents is 1. The maximum absolute atomic E-state index is 14.1. The Morgan fingerprint density at radius 3 is 2.38 bits per heavy atom. The molecular formula is C29H23N3O7. The van der Waals surface area contributed by atoms with E-state index in [1.165, 1.54) is 38.5 Å². The number of non-ortho nitro benzene ring substituents is 1. The molecule has 3 aliphatic rings. The number of hydrogen-bond acceptors (Lipinski definition) is 8. The van der Waals surface area contributed by atoms with E-state index in [1.807, 2.05) is 30.3 Å². The lowest BCUT2D eigenvalue weighted by atomic mass is 9.83. The zero-order valence-electron chi connectivity index (χ0n) is 21.0. The summed E-state index contributed by atoms with van der Waals surface area (Å²) in [5.41, 5.74) is 1.90. The number of rotatable bonds is 6. The van der Waals surface area contributed by atoms with E-state index in [0.717, 1.165) is 16.0 Å². The van der Waals surface area contributed by atoms with E-state index in [-0.39, 0.29) is 17.2 Å². The number of carbonyl (C=O) groups is 3. The average molecular weight is 526 g/mol. The number of imide groups is 1. The van der Waals surface area contributed by atoms with Gasteiger partial charge in [-0.25, -0.2) is 4.90 Å². The lowest BCUT2D eigenvalue weighted by Crippen LogP contribution is -2.44. The van der Waals surface area contributed by atoms with Crippen molar-refractivity contribution in [2.75, 3.05) is 19.1 Å². The highest BCUT2D eigenvalue weighted by Crippen LogP contribution is 2.54. The van der Waals surface area contributed by atoms with Gasteiger partial charge in [0.05, 0.1) is 42.7 Å². The topological polar surface area (TPSA) is 119 Å². The van der Waals surface area contributed by atoms with Gasteiger partial charge in [0, 0.05) is 23.9 Å². The van der Waals surface area contributed by atoms with Crippen molar-refractivity contribution < 1.29 is 28.8 Å². The normalized spacial score (nSPS) is 22.8. The number of fused-ring (bicyclic) bond motifs is 5. The molecule has 0 spiro atoms. The Kier molecular flexibility index (Phi) is 5.67. The van der Waals surface area contributed by atoms with Crippen LogP contribution in [0, 0.1) is 22.0 Å². The van der Waals surface area contributed by atoms with Crippen molar-refractivity contribution in [3.05, 3.63) is 99.7 Å². The van der Waals surface area contributed by atoms with Gasteiger partial charge in [-0.3, -0.25) is 24.5 Å². The fourth-order valence-corrected chi connectivity index (χ4v) is 6.02. The van der Waals surface area contributed by atoms with Crippen LogP contribution in [0.2, 0.25) is 0 Å². The van der Waals surface area contributed by atoms with E-state index in [1.54, 1.807) is 29.3 Å². The van der Waals surface area contributed by atoms with Crippen LogP contribution in [0.25, 0.3) is 6.08 Å². The second kappa shape index (κ2) is 9.09. The van der Waals surface area contributed by atoms with E-state index < -0.39 is 40.7 Å². The highest BCUT2D eigenvalue weighted by atomic mass is 16.6. The van der Waals surface area contributed by atoms with Gasteiger partial charge in [0.25, 0.3) is 5.69 Å².